The van der Waals surface area contributed by atoms with E-state index in [-0.39, 0.29) is 11.7 Å². The van der Waals surface area contributed by atoms with Gasteiger partial charge in [0, 0.05) is 28.6 Å². The third-order valence-electron chi connectivity index (χ3n) is 3.96. The molecule has 1 amide bonds. The number of benzene rings is 2. The summed E-state index contributed by atoms with van der Waals surface area (Å²) < 4.78 is 5.58. The van der Waals surface area contributed by atoms with Gasteiger partial charge in [0.05, 0.1) is 6.26 Å². The molecule has 0 unspecified atom stereocenters. The number of amides is 1. The lowest BCUT2D eigenvalue weighted by atomic mass is 10.0. The van der Waals surface area contributed by atoms with Crippen molar-refractivity contribution in [1.29, 1.82) is 0 Å². The summed E-state index contributed by atoms with van der Waals surface area (Å²) in [6.07, 6.45) is 4.62. The SMILES string of the molecule is C=CCc1c(O)ccc2occ(CCNC(=O)c3ccccc3)c12. The number of phenolic OH excluding ortho intramolecular Hbond substituents is 1. The summed E-state index contributed by atoms with van der Waals surface area (Å²) in [6, 6.07) is 12.5. The lowest BCUT2D eigenvalue weighted by Crippen LogP contribution is -2.25. The van der Waals surface area contributed by atoms with Crippen LogP contribution >= 0.6 is 0 Å². The van der Waals surface area contributed by atoms with Crippen LogP contribution in [0.3, 0.4) is 0 Å². The van der Waals surface area contributed by atoms with Crippen molar-refractivity contribution in [3.63, 3.8) is 0 Å². The van der Waals surface area contributed by atoms with Gasteiger partial charge in [-0.25, -0.2) is 0 Å². The quantitative estimate of drug-likeness (QED) is 0.678. The molecule has 3 rings (SSSR count). The van der Waals surface area contributed by atoms with Crippen LogP contribution in [-0.4, -0.2) is 17.6 Å². The van der Waals surface area contributed by atoms with Crippen LogP contribution in [0.5, 0.6) is 5.75 Å². The van der Waals surface area contributed by atoms with Gasteiger partial charge in [0.15, 0.2) is 0 Å². The number of carbonyl (C=O) groups excluding carboxylic acids is 1. The first kappa shape index (κ1) is 15.9. The zero-order valence-corrected chi connectivity index (χ0v) is 13.3. The fraction of sp³-hybridized carbons (Fsp3) is 0.150. The lowest BCUT2D eigenvalue weighted by molar-refractivity contribution is 0.0954. The van der Waals surface area contributed by atoms with Crippen molar-refractivity contribution < 1.29 is 14.3 Å². The average Bonchev–Trinajstić information content (AvgIpc) is 3.01. The molecule has 0 spiro atoms. The van der Waals surface area contributed by atoms with Crippen molar-refractivity contribution in [2.45, 2.75) is 12.8 Å². The topological polar surface area (TPSA) is 62.5 Å². The van der Waals surface area contributed by atoms with Crippen LogP contribution < -0.4 is 5.32 Å². The highest BCUT2D eigenvalue weighted by Crippen LogP contribution is 2.32. The molecule has 0 aliphatic carbocycles. The second-order valence-corrected chi connectivity index (χ2v) is 5.56. The monoisotopic (exact) mass is 321 g/mol. The number of rotatable bonds is 6. The minimum atomic E-state index is -0.0995. The van der Waals surface area contributed by atoms with Crippen LogP contribution in [-0.2, 0) is 12.8 Å². The molecule has 0 aliphatic rings. The van der Waals surface area contributed by atoms with Gasteiger partial charge in [0.2, 0.25) is 0 Å². The number of nitrogens with one attached hydrogen (secondary N) is 1. The van der Waals surface area contributed by atoms with Crippen molar-refractivity contribution >= 4 is 16.9 Å². The van der Waals surface area contributed by atoms with Crippen molar-refractivity contribution in [3.05, 3.63) is 78.1 Å². The highest BCUT2D eigenvalue weighted by Gasteiger charge is 2.14. The number of aromatic hydroxyl groups is 1. The van der Waals surface area contributed by atoms with Gasteiger partial charge in [-0.1, -0.05) is 24.3 Å². The Morgan fingerprint density at radius 3 is 2.75 bits per heavy atom. The maximum Gasteiger partial charge on any atom is 0.251 e. The van der Waals surface area contributed by atoms with Crippen molar-refractivity contribution in [1.82, 2.24) is 5.32 Å². The molecular formula is C20H19NO3. The second kappa shape index (κ2) is 7.04. The first-order valence-corrected chi connectivity index (χ1v) is 7.85. The van der Waals surface area contributed by atoms with E-state index in [0.717, 1.165) is 22.1 Å². The summed E-state index contributed by atoms with van der Waals surface area (Å²) in [5.41, 5.74) is 3.14. The summed E-state index contributed by atoms with van der Waals surface area (Å²) >= 11 is 0. The Hall–Kier alpha value is -3.01. The van der Waals surface area contributed by atoms with E-state index in [1.54, 1.807) is 36.6 Å². The fourth-order valence-electron chi connectivity index (χ4n) is 2.80. The normalized spacial score (nSPS) is 10.7. The predicted molar refractivity (Wildman–Crippen MR) is 94.3 cm³/mol. The Morgan fingerprint density at radius 2 is 2.00 bits per heavy atom. The largest absolute Gasteiger partial charge is 0.508 e. The van der Waals surface area contributed by atoms with E-state index in [9.17, 15) is 9.90 Å². The molecule has 4 heteroatoms. The van der Waals surface area contributed by atoms with Gasteiger partial charge in [-0.15, -0.1) is 6.58 Å². The van der Waals surface area contributed by atoms with Crippen LogP contribution in [0.2, 0.25) is 0 Å². The minimum absolute atomic E-state index is 0.0995. The molecule has 0 radical (unpaired) electrons. The Labute approximate surface area is 140 Å². The molecule has 122 valence electrons. The molecule has 0 saturated heterocycles. The van der Waals surface area contributed by atoms with Gasteiger partial charge in [0.25, 0.3) is 5.91 Å². The Kier molecular flexibility index (Phi) is 4.66. The van der Waals surface area contributed by atoms with E-state index in [1.165, 1.54) is 0 Å². The average molecular weight is 321 g/mol. The summed E-state index contributed by atoms with van der Waals surface area (Å²) in [7, 11) is 0. The van der Waals surface area contributed by atoms with Crippen LogP contribution in [0, 0.1) is 0 Å². The van der Waals surface area contributed by atoms with Crippen LogP contribution in [0.4, 0.5) is 0 Å². The summed E-state index contributed by atoms with van der Waals surface area (Å²) in [6.45, 7) is 4.23. The number of phenols is 1. The van der Waals surface area contributed by atoms with Crippen molar-refractivity contribution in [2.75, 3.05) is 6.54 Å². The number of allylic oxidation sites excluding steroid dienone is 1. The summed E-state index contributed by atoms with van der Waals surface area (Å²) in [5.74, 6) is 0.135. The van der Waals surface area contributed by atoms with Gasteiger partial charge < -0.3 is 14.8 Å². The highest BCUT2D eigenvalue weighted by molar-refractivity contribution is 5.94. The fourth-order valence-corrected chi connectivity index (χ4v) is 2.80. The Balaban J connectivity index is 1.75. The van der Waals surface area contributed by atoms with Crippen LogP contribution in [0.1, 0.15) is 21.5 Å². The van der Waals surface area contributed by atoms with E-state index in [2.05, 4.69) is 11.9 Å². The molecule has 1 heterocycles. The zero-order chi connectivity index (χ0) is 16.9. The van der Waals surface area contributed by atoms with E-state index in [4.69, 9.17) is 4.42 Å². The number of hydrogen-bond donors (Lipinski definition) is 2. The molecule has 0 saturated carbocycles. The number of fused-ring (bicyclic) bond motifs is 1. The molecule has 4 nitrogen and oxygen atoms in total. The molecule has 0 aliphatic heterocycles. The molecular weight excluding hydrogens is 302 g/mol. The lowest BCUT2D eigenvalue weighted by Gasteiger charge is -2.07. The molecule has 0 fully saturated rings. The molecule has 2 N–H and O–H groups in total. The first-order chi connectivity index (χ1) is 11.7. The number of furan rings is 1. The van der Waals surface area contributed by atoms with Gasteiger partial charge in [0.1, 0.15) is 11.3 Å². The first-order valence-electron chi connectivity index (χ1n) is 7.85. The smallest absolute Gasteiger partial charge is 0.251 e. The Bertz CT molecular complexity index is 865. The van der Waals surface area contributed by atoms with Crippen molar-refractivity contribution in [2.24, 2.45) is 0 Å². The summed E-state index contributed by atoms with van der Waals surface area (Å²) in [4.78, 5) is 12.1. The van der Waals surface area contributed by atoms with E-state index in [1.807, 2.05) is 18.2 Å². The zero-order valence-electron chi connectivity index (χ0n) is 13.3. The van der Waals surface area contributed by atoms with Gasteiger partial charge >= 0.3 is 0 Å². The molecule has 2 aromatic carbocycles. The molecule has 0 bridgehead atoms. The van der Waals surface area contributed by atoms with E-state index >= 15 is 0 Å². The predicted octanol–water partition coefficient (Wildman–Crippen LogP) is 3.84. The van der Waals surface area contributed by atoms with Crippen LogP contribution in [0.15, 0.2) is 65.8 Å². The Morgan fingerprint density at radius 1 is 1.21 bits per heavy atom. The minimum Gasteiger partial charge on any atom is -0.508 e. The summed E-state index contributed by atoms with van der Waals surface area (Å²) in [5, 5.41) is 13.9. The van der Waals surface area contributed by atoms with Gasteiger partial charge in [-0.2, -0.15) is 0 Å². The van der Waals surface area contributed by atoms with Crippen LogP contribution in [0.25, 0.3) is 11.0 Å². The third kappa shape index (κ3) is 3.18. The standard InChI is InChI=1S/C20H19NO3/c1-2-6-16-17(22)9-10-18-19(16)15(13-24-18)11-12-21-20(23)14-7-4-3-5-8-14/h2-5,7-10,13,22H,1,6,11-12H2,(H,21,23). The highest BCUT2D eigenvalue weighted by atomic mass is 16.3. The van der Waals surface area contributed by atoms with Gasteiger partial charge in [-0.05, 0) is 37.1 Å². The maximum absolute atomic E-state index is 12.1. The maximum atomic E-state index is 12.1. The number of hydrogen-bond acceptors (Lipinski definition) is 3. The molecule has 1 aromatic heterocycles. The molecule has 0 atom stereocenters. The molecule has 24 heavy (non-hydrogen) atoms. The second-order valence-electron chi connectivity index (χ2n) is 5.56. The third-order valence-corrected chi connectivity index (χ3v) is 3.96. The van der Waals surface area contributed by atoms with E-state index in [0.29, 0.717) is 24.9 Å². The molecule has 3 aromatic rings. The van der Waals surface area contributed by atoms with E-state index < -0.39 is 0 Å². The van der Waals surface area contributed by atoms with Crippen molar-refractivity contribution in [3.8, 4) is 5.75 Å². The number of carbonyl (C=O) groups is 1. The van der Waals surface area contributed by atoms with Gasteiger partial charge in [-0.3, -0.25) is 4.79 Å².